The molecule has 16 heavy (non-hydrogen) atoms. The van der Waals surface area contributed by atoms with E-state index in [1.54, 1.807) is 17.1 Å². The van der Waals surface area contributed by atoms with Crippen molar-refractivity contribution < 1.29 is 9.52 Å². The first kappa shape index (κ1) is 9.66. The maximum absolute atomic E-state index is 10.8. The molecule has 1 aliphatic rings. The van der Waals surface area contributed by atoms with Crippen molar-refractivity contribution in [1.29, 1.82) is 0 Å². The van der Waals surface area contributed by atoms with Crippen LogP contribution in [0.2, 0.25) is 0 Å². The van der Waals surface area contributed by atoms with Crippen LogP contribution in [0.1, 0.15) is 29.9 Å². The van der Waals surface area contributed by atoms with Crippen LogP contribution in [0.4, 0.5) is 0 Å². The van der Waals surface area contributed by atoms with Gasteiger partial charge in [-0.15, -0.1) is 0 Å². The van der Waals surface area contributed by atoms with Gasteiger partial charge in [0.2, 0.25) is 0 Å². The molecule has 84 valence electrons. The van der Waals surface area contributed by atoms with Crippen LogP contribution in [-0.2, 0) is 19.1 Å². The topological polar surface area (TPSA) is 51.2 Å². The molecule has 0 aliphatic heterocycles. The number of hydrogen-bond acceptors (Lipinski definition) is 3. The quantitative estimate of drug-likeness (QED) is 0.790. The first-order valence-corrected chi connectivity index (χ1v) is 5.49. The molecule has 1 N–H and O–H groups in total. The fraction of sp³-hybridized carbons (Fsp3) is 0.417. The summed E-state index contributed by atoms with van der Waals surface area (Å²) in [6.45, 7) is 0. The summed E-state index contributed by atoms with van der Waals surface area (Å²) in [5.41, 5.74) is 0.781. The molecule has 2 aromatic rings. The second-order valence-corrected chi connectivity index (χ2v) is 4.31. The smallest absolute Gasteiger partial charge is 0.134 e. The standard InChI is InChI=1S/C12H14N2O2/c1-14-11(4-7-13-14)12(15)6-2-3-10-9(12)5-8-16-10/h4-5,7-8,15H,2-3,6H2,1H3. The van der Waals surface area contributed by atoms with E-state index in [1.165, 1.54) is 0 Å². The summed E-state index contributed by atoms with van der Waals surface area (Å²) in [5, 5.41) is 15.0. The molecule has 0 aromatic carbocycles. The predicted octanol–water partition coefficient (Wildman–Crippen LogP) is 1.59. The van der Waals surface area contributed by atoms with E-state index < -0.39 is 5.60 Å². The van der Waals surface area contributed by atoms with Gasteiger partial charge in [0.15, 0.2) is 0 Å². The fourth-order valence-electron chi connectivity index (χ4n) is 2.59. The Morgan fingerprint density at radius 1 is 1.50 bits per heavy atom. The maximum Gasteiger partial charge on any atom is 0.134 e. The molecule has 2 heterocycles. The third-order valence-electron chi connectivity index (χ3n) is 3.38. The molecule has 4 heteroatoms. The minimum absolute atomic E-state index is 0.721. The highest BCUT2D eigenvalue weighted by Gasteiger charge is 2.39. The van der Waals surface area contributed by atoms with Crippen LogP contribution < -0.4 is 0 Å². The zero-order valence-electron chi connectivity index (χ0n) is 9.18. The van der Waals surface area contributed by atoms with Gasteiger partial charge in [-0.25, -0.2) is 0 Å². The van der Waals surface area contributed by atoms with Gasteiger partial charge in [-0.1, -0.05) is 0 Å². The van der Waals surface area contributed by atoms with Crippen molar-refractivity contribution in [1.82, 2.24) is 9.78 Å². The van der Waals surface area contributed by atoms with Gasteiger partial charge in [0.25, 0.3) is 0 Å². The number of hydrogen-bond donors (Lipinski definition) is 1. The van der Waals surface area contributed by atoms with Crippen molar-refractivity contribution >= 4 is 0 Å². The SMILES string of the molecule is Cn1nccc1C1(O)CCCc2occc21. The van der Waals surface area contributed by atoms with E-state index in [2.05, 4.69) is 5.10 Å². The Morgan fingerprint density at radius 3 is 3.12 bits per heavy atom. The minimum atomic E-state index is -0.939. The van der Waals surface area contributed by atoms with Gasteiger partial charge in [-0.05, 0) is 25.0 Å². The maximum atomic E-state index is 10.8. The molecule has 0 spiro atoms. The highest BCUT2D eigenvalue weighted by Crippen LogP contribution is 2.40. The Morgan fingerprint density at radius 2 is 2.38 bits per heavy atom. The van der Waals surface area contributed by atoms with Gasteiger partial charge in [0, 0.05) is 25.2 Å². The van der Waals surface area contributed by atoms with Crippen molar-refractivity contribution in [2.45, 2.75) is 24.9 Å². The first-order valence-electron chi connectivity index (χ1n) is 5.49. The number of nitrogens with zero attached hydrogens (tertiary/aromatic N) is 2. The van der Waals surface area contributed by atoms with Gasteiger partial charge in [0.05, 0.1) is 12.0 Å². The fourth-order valence-corrected chi connectivity index (χ4v) is 2.59. The van der Waals surface area contributed by atoms with Gasteiger partial charge < -0.3 is 9.52 Å². The Kier molecular flexibility index (Phi) is 1.94. The van der Waals surface area contributed by atoms with E-state index in [1.807, 2.05) is 19.2 Å². The molecule has 1 unspecified atom stereocenters. The van der Waals surface area contributed by atoms with Crippen LogP contribution in [0, 0.1) is 0 Å². The summed E-state index contributed by atoms with van der Waals surface area (Å²) in [5.74, 6) is 0.898. The molecular formula is C12H14N2O2. The monoisotopic (exact) mass is 218 g/mol. The van der Waals surface area contributed by atoms with Crippen LogP contribution in [0.15, 0.2) is 29.0 Å². The van der Waals surface area contributed by atoms with Gasteiger partial charge in [-0.2, -0.15) is 5.10 Å². The van der Waals surface area contributed by atoms with Crippen molar-refractivity contribution in [3.8, 4) is 0 Å². The largest absolute Gasteiger partial charge is 0.469 e. The van der Waals surface area contributed by atoms with Crippen LogP contribution in [0.5, 0.6) is 0 Å². The summed E-state index contributed by atoms with van der Waals surface area (Å²) < 4.78 is 7.12. The zero-order valence-corrected chi connectivity index (χ0v) is 9.18. The average molecular weight is 218 g/mol. The molecule has 3 rings (SSSR count). The first-order chi connectivity index (χ1) is 7.72. The molecule has 0 radical (unpaired) electrons. The Balaban J connectivity index is 2.18. The van der Waals surface area contributed by atoms with E-state index in [-0.39, 0.29) is 0 Å². The van der Waals surface area contributed by atoms with Crippen LogP contribution in [0.25, 0.3) is 0 Å². The molecule has 0 saturated carbocycles. The van der Waals surface area contributed by atoms with Crippen LogP contribution in [0.3, 0.4) is 0 Å². The van der Waals surface area contributed by atoms with Crippen LogP contribution in [-0.4, -0.2) is 14.9 Å². The van der Waals surface area contributed by atoms with Crippen molar-refractivity contribution in [2.75, 3.05) is 0 Å². The summed E-state index contributed by atoms with van der Waals surface area (Å²) in [4.78, 5) is 0. The lowest BCUT2D eigenvalue weighted by Gasteiger charge is -2.31. The van der Waals surface area contributed by atoms with Crippen molar-refractivity contribution in [2.24, 2.45) is 7.05 Å². The molecule has 2 aromatic heterocycles. The number of fused-ring (bicyclic) bond motifs is 1. The number of aliphatic hydroxyl groups is 1. The molecule has 0 saturated heterocycles. The zero-order chi connectivity index (χ0) is 11.2. The number of aryl methyl sites for hydroxylation is 2. The van der Waals surface area contributed by atoms with Gasteiger partial charge in [0.1, 0.15) is 11.4 Å². The summed E-state index contributed by atoms with van der Waals surface area (Å²) in [7, 11) is 1.85. The van der Waals surface area contributed by atoms with E-state index in [4.69, 9.17) is 4.42 Å². The van der Waals surface area contributed by atoms with E-state index in [0.717, 1.165) is 36.3 Å². The lowest BCUT2D eigenvalue weighted by molar-refractivity contribution is 0.0507. The lowest BCUT2D eigenvalue weighted by Crippen LogP contribution is -2.33. The van der Waals surface area contributed by atoms with E-state index in [9.17, 15) is 5.11 Å². The van der Waals surface area contributed by atoms with E-state index in [0.29, 0.717) is 0 Å². The molecule has 0 fully saturated rings. The Hall–Kier alpha value is -1.55. The van der Waals surface area contributed by atoms with Gasteiger partial charge in [-0.3, -0.25) is 4.68 Å². The summed E-state index contributed by atoms with van der Waals surface area (Å²) in [6, 6.07) is 3.73. The van der Waals surface area contributed by atoms with Gasteiger partial charge >= 0.3 is 0 Å². The predicted molar refractivity (Wildman–Crippen MR) is 57.9 cm³/mol. The summed E-state index contributed by atoms with van der Waals surface area (Å²) >= 11 is 0. The minimum Gasteiger partial charge on any atom is -0.469 e. The molecule has 1 atom stereocenters. The second kappa shape index (κ2) is 3.22. The number of aromatic nitrogens is 2. The normalized spacial score (nSPS) is 24.4. The van der Waals surface area contributed by atoms with Crippen molar-refractivity contribution in [3.63, 3.8) is 0 Å². The highest BCUT2D eigenvalue weighted by atomic mass is 16.3. The Labute approximate surface area is 93.5 Å². The average Bonchev–Trinajstić information content (AvgIpc) is 2.86. The molecule has 0 amide bonds. The van der Waals surface area contributed by atoms with Crippen LogP contribution >= 0.6 is 0 Å². The second-order valence-electron chi connectivity index (χ2n) is 4.31. The summed E-state index contributed by atoms with van der Waals surface area (Å²) in [6.07, 6.45) is 5.92. The molecular weight excluding hydrogens is 204 g/mol. The third kappa shape index (κ3) is 1.16. The molecule has 4 nitrogen and oxygen atoms in total. The number of rotatable bonds is 1. The highest BCUT2D eigenvalue weighted by molar-refractivity contribution is 5.36. The Bertz CT molecular complexity index is 515. The van der Waals surface area contributed by atoms with E-state index >= 15 is 0 Å². The third-order valence-corrected chi connectivity index (χ3v) is 3.38. The number of furan rings is 1. The molecule has 0 bridgehead atoms. The molecule has 1 aliphatic carbocycles. The lowest BCUT2D eigenvalue weighted by atomic mass is 9.80. The van der Waals surface area contributed by atoms with Crippen molar-refractivity contribution in [3.05, 3.63) is 41.6 Å².